The van der Waals surface area contributed by atoms with Crippen molar-refractivity contribution in [3.63, 3.8) is 0 Å². The summed E-state index contributed by atoms with van der Waals surface area (Å²) in [6.45, 7) is 2.29. The zero-order valence-electron chi connectivity index (χ0n) is 18.5. The van der Waals surface area contributed by atoms with Crippen molar-refractivity contribution in [3.8, 4) is 0 Å². The Morgan fingerprint density at radius 2 is 1.79 bits per heavy atom. The van der Waals surface area contributed by atoms with Gasteiger partial charge in [-0.15, -0.1) is 11.3 Å². The first kappa shape index (κ1) is 21.9. The minimum absolute atomic E-state index is 0.0701. The Hall–Kier alpha value is -2.90. The number of nitrogens with zero attached hydrogens (tertiary/aromatic N) is 2. The quantitative estimate of drug-likeness (QED) is 0.289. The third-order valence-corrected chi connectivity index (χ3v) is 8.06. The van der Waals surface area contributed by atoms with E-state index < -0.39 is 0 Å². The molecule has 1 unspecified atom stereocenters. The van der Waals surface area contributed by atoms with Crippen LogP contribution in [-0.2, 0) is 17.6 Å². The van der Waals surface area contributed by atoms with Gasteiger partial charge in [0.15, 0.2) is 5.16 Å². The molecule has 0 fully saturated rings. The summed E-state index contributed by atoms with van der Waals surface area (Å²) in [5, 5.41) is 4.74. The topological polar surface area (TPSA) is 80.9 Å². The van der Waals surface area contributed by atoms with Gasteiger partial charge in [0.1, 0.15) is 10.6 Å². The molecule has 0 saturated heterocycles. The second-order valence-corrected chi connectivity index (χ2v) is 10.6. The van der Waals surface area contributed by atoms with Crippen LogP contribution in [0.25, 0.3) is 10.2 Å². The van der Waals surface area contributed by atoms with Crippen LogP contribution in [0.4, 0.5) is 5.82 Å². The molecule has 3 N–H and O–H groups in total. The molecule has 0 radical (unpaired) electrons. The van der Waals surface area contributed by atoms with Crippen molar-refractivity contribution in [1.29, 1.82) is 0 Å². The lowest BCUT2D eigenvalue weighted by molar-refractivity contribution is -0.119. The molecule has 1 aliphatic carbocycles. The number of thiophene rings is 1. The lowest BCUT2D eigenvalue weighted by atomic mass is 9.89. The Kier molecular flexibility index (Phi) is 6.33. The summed E-state index contributed by atoms with van der Waals surface area (Å²) in [6, 6.07) is 19.8. The van der Waals surface area contributed by atoms with E-state index in [0.717, 1.165) is 34.2 Å². The maximum absolute atomic E-state index is 12.9. The van der Waals surface area contributed by atoms with Gasteiger partial charge >= 0.3 is 0 Å². The van der Waals surface area contributed by atoms with Crippen LogP contribution in [0.2, 0.25) is 0 Å². The molecule has 7 heteroatoms. The van der Waals surface area contributed by atoms with Crippen LogP contribution >= 0.6 is 23.1 Å². The Morgan fingerprint density at radius 3 is 2.45 bits per heavy atom. The fraction of sp³-hybridized carbons (Fsp3) is 0.269. The highest BCUT2D eigenvalue weighted by atomic mass is 32.2. The van der Waals surface area contributed by atoms with Crippen molar-refractivity contribution in [2.24, 2.45) is 5.92 Å². The molecule has 2 aromatic heterocycles. The van der Waals surface area contributed by atoms with Gasteiger partial charge in [-0.25, -0.2) is 9.97 Å². The third kappa shape index (κ3) is 4.75. The molecule has 0 saturated carbocycles. The molecule has 5 nitrogen and oxygen atoms in total. The summed E-state index contributed by atoms with van der Waals surface area (Å²) in [6.07, 6.45) is 3.30. The van der Waals surface area contributed by atoms with E-state index in [-0.39, 0.29) is 17.7 Å². The number of anilines is 1. The van der Waals surface area contributed by atoms with E-state index in [4.69, 9.17) is 10.7 Å². The minimum atomic E-state index is -0.208. The molecule has 5 rings (SSSR count). The van der Waals surface area contributed by atoms with Gasteiger partial charge in [0.2, 0.25) is 5.91 Å². The Balaban J connectivity index is 1.32. The van der Waals surface area contributed by atoms with E-state index in [2.05, 4.69) is 17.2 Å². The number of hydrogen-bond donors (Lipinski definition) is 2. The summed E-state index contributed by atoms with van der Waals surface area (Å²) < 4.78 is 0. The fourth-order valence-corrected chi connectivity index (χ4v) is 6.51. The Bertz CT molecular complexity index is 1230. The average Bonchev–Trinajstić information content (AvgIpc) is 3.20. The predicted octanol–water partition coefficient (Wildman–Crippen LogP) is 5.40. The summed E-state index contributed by atoms with van der Waals surface area (Å²) in [5.74, 6) is 1.38. The lowest BCUT2D eigenvalue weighted by Crippen LogP contribution is -2.30. The standard InChI is InChI=1S/C26H26N4OS2/c1-16-12-13-19-20(14-16)33-25-22(19)24(27)29-26(30-25)32-15-21(31)28-23(17-8-4-2-5-9-17)18-10-6-3-7-11-18/h2-11,16,23H,12-15H2,1H3,(H,28,31)(H2,27,29,30). The molecule has 2 heterocycles. The van der Waals surface area contributed by atoms with E-state index in [1.165, 1.54) is 28.6 Å². The molecule has 33 heavy (non-hydrogen) atoms. The van der Waals surface area contributed by atoms with Gasteiger partial charge in [0, 0.05) is 4.88 Å². The zero-order chi connectivity index (χ0) is 22.8. The maximum Gasteiger partial charge on any atom is 0.231 e. The molecule has 2 aromatic carbocycles. The van der Waals surface area contributed by atoms with Crippen molar-refractivity contribution < 1.29 is 4.79 Å². The second kappa shape index (κ2) is 9.53. The second-order valence-electron chi connectivity index (χ2n) is 8.53. The number of nitrogen functional groups attached to an aromatic ring is 1. The molecule has 168 valence electrons. The summed E-state index contributed by atoms with van der Waals surface area (Å²) in [4.78, 5) is 24.5. The summed E-state index contributed by atoms with van der Waals surface area (Å²) in [7, 11) is 0. The molecule has 0 spiro atoms. The first-order valence-electron chi connectivity index (χ1n) is 11.2. The van der Waals surface area contributed by atoms with Crippen molar-refractivity contribution >= 4 is 45.0 Å². The molecule has 1 aliphatic rings. The van der Waals surface area contributed by atoms with Gasteiger partial charge in [0.05, 0.1) is 17.2 Å². The highest BCUT2D eigenvalue weighted by molar-refractivity contribution is 7.99. The number of carbonyl (C=O) groups excluding carboxylic acids is 1. The van der Waals surface area contributed by atoms with Crippen LogP contribution in [0.5, 0.6) is 0 Å². The van der Waals surface area contributed by atoms with E-state index in [1.54, 1.807) is 11.3 Å². The number of carbonyl (C=O) groups is 1. The summed E-state index contributed by atoms with van der Waals surface area (Å²) in [5.41, 5.74) is 9.76. The Morgan fingerprint density at radius 1 is 1.12 bits per heavy atom. The zero-order valence-corrected chi connectivity index (χ0v) is 20.1. The van der Waals surface area contributed by atoms with E-state index in [9.17, 15) is 4.79 Å². The van der Waals surface area contributed by atoms with Crippen LogP contribution in [0, 0.1) is 5.92 Å². The number of hydrogen-bond acceptors (Lipinski definition) is 6. The highest BCUT2D eigenvalue weighted by Gasteiger charge is 2.23. The molecule has 0 bridgehead atoms. The van der Waals surface area contributed by atoms with Crippen LogP contribution in [-0.4, -0.2) is 21.6 Å². The normalized spacial score (nSPS) is 15.5. The van der Waals surface area contributed by atoms with Gasteiger partial charge in [-0.2, -0.15) is 0 Å². The number of thioether (sulfide) groups is 1. The molecule has 4 aromatic rings. The summed E-state index contributed by atoms with van der Waals surface area (Å²) >= 11 is 3.06. The smallest absolute Gasteiger partial charge is 0.231 e. The fourth-order valence-electron chi connectivity index (χ4n) is 4.40. The lowest BCUT2D eigenvalue weighted by Gasteiger charge is -2.19. The number of aromatic nitrogens is 2. The minimum Gasteiger partial charge on any atom is -0.383 e. The number of fused-ring (bicyclic) bond motifs is 3. The van der Waals surface area contributed by atoms with E-state index >= 15 is 0 Å². The third-order valence-electron chi connectivity index (χ3n) is 6.07. The molecule has 1 amide bonds. The molecule has 1 atom stereocenters. The first-order chi connectivity index (χ1) is 16.1. The van der Waals surface area contributed by atoms with Crippen molar-refractivity contribution in [3.05, 3.63) is 82.2 Å². The van der Waals surface area contributed by atoms with Crippen LogP contribution in [0.1, 0.15) is 41.0 Å². The number of nitrogens with one attached hydrogen (secondary N) is 1. The number of rotatable bonds is 6. The SMILES string of the molecule is CC1CCc2c(sc3nc(SCC(=O)NC(c4ccccc4)c4ccccc4)nc(N)c23)C1. The first-order valence-corrected chi connectivity index (χ1v) is 13.0. The number of amides is 1. The van der Waals surface area contributed by atoms with Gasteiger partial charge in [-0.05, 0) is 41.9 Å². The van der Waals surface area contributed by atoms with E-state index in [1.807, 2.05) is 60.7 Å². The Labute approximate surface area is 201 Å². The molecule has 0 aliphatic heterocycles. The number of benzene rings is 2. The van der Waals surface area contributed by atoms with Gasteiger partial charge in [0.25, 0.3) is 0 Å². The molecular formula is C26H26N4OS2. The van der Waals surface area contributed by atoms with Crippen LogP contribution in [0.3, 0.4) is 0 Å². The predicted molar refractivity (Wildman–Crippen MR) is 137 cm³/mol. The highest BCUT2D eigenvalue weighted by Crippen LogP contribution is 2.40. The van der Waals surface area contributed by atoms with Crippen LogP contribution in [0.15, 0.2) is 65.8 Å². The van der Waals surface area contributed by atoms with Crippen molar-refractivity contribution in [2.45, 2.75) is 37.4 Å². The largest absolute Gasteiger partial charge is 0.383 e. The van der Waals surface area contributed by atoms with Crippen LogP contribution < -0.4 is 11.1 Å². The molecular weight excluding hydrogens is 448 g/mol. The van der Waals surface area contributed by atoms with Crippen molar-refractivity contribution in [1.82, 2.24) is 15.3 Å². The number of nitrogens with two attached hydrogens (primary N) is 1. The van der Waals surface area contributed by atoms with Gasteiger partial charge < -0.3 is 11.1 Å². The van der Waals surface area contributed by atoms with Gasteiger partial charge in [-0.3, -0.25) is 4.79 Å². The average molecular weight is 475 g/mol. The number of aryl methyl sites for hydroxylation is 1. The van der Waals surface area contributed by atoms with E-state index in [0.29, 0.717) is 16.9 Å². The van der Waals surface area contributed by atoms with Gasteiger partial charge in [-0.1, -0.05) is 79.3 Å². The monoisotopic (exact) mass is 474 g/mol. The maximum atomic E-state index is 12.9. The van der Waals surface area contributed by atoms with Crippen molar-refractivity contribution in [2.75, 3.05) is 11.5 Å².